The second-order valence-electron chi connectivity index (χ2n) is 5.14. The molecule has 0 amide bonds. The lowest BCUT2D eigenvalue weighted by atomic mass is 9.87. The van der Waals surface area contributed by atoms with Crippen LogP contribution in [0.2, 0.25) is 0 Å². The van der Waals surface area contributed by atoms with Crippen molar-refractivity contribution in [1.29, 1.82) is 5.26 Å². The summed E-state index contributed by atoms with van der Waals surface area (Å²) in [7, 11) is 0. The molecule has 2 rings (SSSR count). The molecule has 2 heteroatoms. The molecule has 1 aromatic rings. The maximum absolute atomic E-state index is 8.88. The van der Waals surface area contributed by atoms with Gasteiger partial charge in [0, 0.05) is 17.6 Å². The number of rotatable bonds is 2. The fraction of sp³-hybridized carbons (Fsp3) is 0.533. The topological polar surface area (TPSA) is 35.8 Å². The first-order valence-electron chi connectivity index (χ1n) is 6.42. The van der Waals surface area contributed by atoms with Crippen LogP contribution in [-0.4, -0.2) is 6.04 Å². The van der Waals surface area contributed by atoms with Gasteiger partial charge in [0.1, 0.15) is 0 Å². The smallest absolute Gasteiger partial charge is 0.0655 e. The Morgan fingerprint density at radius 1 is 1.18 bits per heavy atom. The van der Waals surface area contributed by atoms with E-state index >= 15 is 0 Å². The minimum absolute atomic E-state index is 0.284. The zero-order valence-corrected chi connectivity index (χ0v) is 10.7. The normalized spacial score (nSPS) is 24.1. The molecule has 1 aliphatic carbocycles. The van der Waals surface area contributed by atoms with E-state index in [0.717, 1.165) is 25.7 Å². The van der Waals surface area contributed by atoms with Gasteiger partial charge in [0.25, 0.3) is 0 Å². The highest BCUT2D eigenvalue weighted by Gasteiger charge is 2.20. The number of nitrogens with zero attached hydrogens (tertiary/aromatic N) is 1. The molecule has 1 aromatic carbocycles. The summed E-state index contributed by atoms with van der Waals surface area (Å²) in [5.41, 5.74) is 3.85. The van der Waals surface area contributed by atoms with Crippen LogP contribution in [0.3, 0.4) is 0 Å². The molecule has 0 radical (unpaired) electrons. The van der Waals surface area contributed by atoms with Gasteiger partial charge in [-0.3, -0.25) is 0 Å². The van der Waals surface area contributed by atoms with E-state index in [9.17, 15) is 0 Å². The minimum atomic E-state index is 0.284. The summed E-state index contributed by atoms with van der Waals surface area (Å²) in [6, 6.07) is 9.45. The number of anilines is 1. The van der Waals surface area contributed by atoms with Crippen LogP contribution in [0.25, 0.3) is 0 Å². The quantitative estimate of drug-likeness (QED) is 0.835. The predicted molar refractivity (Wildman–Crippen MR) is 70.9 cm³/mol. The summed E-state index contributed by atoms with van der Waals surface area (Å²) in [5.74, 6) is 0.284. The second-order valence-corrected chi connectivity index (χ2v) is 5.14. The summed E-state index contributed by atoms with van der Waals surface area (Å²) in [6.45, 7) is 4.26. The number of benzene rings is 1. The summed E-state index contributed by atoms with van der Waals surface area (Å²) >= 11 is 0. The van der Waals surface area contributed by atoms with E-state index in [-0.39, 0.29) is 5.92 Å². The number of aryl methyl sites for hydroxylation is 2. The molecular formula is C15H20N2. The lowest BCUT2D eigenvalue weighted by Gasteiger charge is -2.27. The van der Waals surface area contributed by atoms with Gasteiger partial charge in [-0.25, -0.2) is 0 Å². The molecule has 0 heterocycles. The van der Waals surface area contributed by atoms with E-state index in [1.807, 2.05) is 0 Å². The van der Waals surface area contributed by atoms with Crippen molar-refractivity contribution in [2.75, 3.05) is 5.32 Å². The minimum Gasteiger partial charge on any atom is -0.382 e. The summed E-state index contributed by atoms with van der Waals surface area (Å²) in [4.78, 5) is 0. The molecule has 0 unspecified atom stereocenters. The van der Waals surface area contributed by atoms with Crippen molar-refractivity contribution in [2.24, 2.45) is 5.92 Å². The first-order valence-corrected chi connectivity index (χ1v) is 6.42. The highest BCUT2D eigenvalue weighted by molar-refractivity contribution is 5.53. The molecular weight excluding hydrogens is 208 g/mol. The Hall–Kier alpha value is -1.49. The zero-order chi connectivity index (χ0) is 12.3. The Kier molecular flexibility index (Phi) is 3.68. The molecule has 90 valence electrons. The first kappa shape index (κ1) is 12.0. The predicted octanol–water partition coefficient (Wildman–Crippen LogP) is 3.80. The van der Waals surface area contributed by atoms with Crippen molar-refractivity contribution < 1.29 is 0 Å². The third kappa shape index (κ3) is 3.00. The van der Waals surface area contributed by atoms with E-state index in [1.54, 1.807) is 0 Å². The molecule has 17 heavy (non-hydrogen) atoms. The van der Waals surface area contributed by atoms with Gasteiger partial charge < -0.3 is 5.32 Å². The average Bonchev–Trinajstić information content (AvgIpc) is 2.35. The molecule has 1 saturated carbocycles. The Balaban J connectivity index is 1.98. The summed E-state index contributed by atoms with van der Waals surface area (Å²) in [6.07, 6.45) is 4.31. The molecule has 0 saturated heterocycles. The van der Waals surface area contributed by atoms with Crippen LogP contribution in [0, 0.1) is 31.1 Å². The molecule has 0 aromatic heterocycles. The molecule has 0 spiro atoms. The Bertz CT molecular complexity index is 423. The van der Waals surface area contributed by atoms with Gasteiger partial charge in [0.15, 0.2) is 0 Å². The van der Waals surface area contributed by atoms with Gasteiger partial charge in [0.2, 0.25) is 0 Å². The van der Waals surface area contributed by atoms with E-state index in [1.165, 1.54) is 16.8 Å². The standard InChI is InChI=1S/C15H20N2/c1-11-3-4-12(2)15(9-11)17-14-7-5-13(10-16)6-8-14/h3-4,9,13-14,17H,5-8H2,1-2H3. The lowest BCUT2D eigenvalue weighted by Crippen LogP contribution is -2.25. The Morgan fingerprint density at radius 3 is 2.53 bits per heavy atom. The van der Waals surface area contributed by atoms with Crippen molar-refractivity contribution in [3.05, 3.63) is 29.3 Å². The molecule has 0 atom stereocenters. The first-order chi connectivity index (χ1) is 8.19. The van der Waals surface area contributed by atoms with Gasteiger partial charge in [-0.2, -0.15) is 5.26 Å². The molecule has 1 fully saturated rings. The van der Waals surface area contributed by atoms with E-state index < -0.39 is 0 Å². The van der Waals surface area contributed by atoms with E-state index in [2.05, 4.69) is 43.4 Å². The van der Waals surface area contributed by atoms with Crippen LogP contribution in [0.1, 0.15) is 36.8 Å². The maximum atomic E-state index is 8.88. The summed E-state index contributed by atoms with van der Waals surface area (Å²) < 4.78 is 0. The van der Waals surface area contributed by atoms with Gasteiger partial charge in [-0.1, -0.05) is 12.1 Å². The summed E-state index contributed by atoms with van der Waals surface area (Å²) in [5, 5.41) is 12.5. The third-order valence-electron chi connectivity index (χ3n) is 3.66. The lowest BCUT2D eigenvalue weighted by molar-refractivity contribution is 0.397. The fourth-order valence-electron chi connectivity index (χ4n) is 2.48. The van der Waals surface area contributed by atoms with E-state index in [0.29, 0.717) is 6.04 Å². The number of nitriles is 1. The molecule has 0 aliphatic heterocycles. The number of nitrogens with one attached hydrogen (secondary N) is 1. The van der Waals surface area contributed by atoms with E-state index in [4.69, 9.17) is 5.26 Å². The molecule has 2 nitrogen and oxygen atoms in total. The van der Waals surface area contributed by atoms with Crippen molar-refractivity contribution in [2.45, 2.75) is 45.6 Å². The highest BCUT2D eigenvalue weighted by Crippen LogP contribution is 2.27. The van der Waals surface area contributed by atoms with Crippen molar-refractivity contribution >= 4 is 5.69 Å². The zero-order valence-electron chi connectivity index (χ0n) is 10.7. The van der Waals surface area contributed by atoms with Crippen molar-refractivity contribution in [3.63, 3.8) is 0 Å². The van der Waals surface area contributed by atoms with Crippen molar-refractivity contribution in [1.82, 2.24) is 0 Å². The average molecular weight is 228 g/mol. The highest BCUT2D eigenvalue weighted by atomic mass is 14.9. The van der Waals surface area contributed by atoms with Crippen LogP contribution in [0.5, 0.6) is 0 Å². The van der Waals surface area contributed by atoms with Crippen LogP contribution >= 0.6 is 0 Å². The Morgan fingerprint density at radius 2 is 1.88 bits per heavy atom. The van der Waals surface area contributed by atoms with Gasteiger partial charge in [-0.15, -0.1) is 0 Å². The van der Waals surface area contributed by atoms with Gasteiger partial charge >= 0.3 is 0 Å². The van der Waals surface area contributed by atoms with Crippen LogP contribution in [-0.2, 0) is 0 Å². The third-order valence-corrected chi connectivity index (χ3v) is 3.66. The maximum Gasteiger partial charge on any atom is 0.0655 e. The van der Waals surface area contributed by atoms with Crippen LogP contribution < -0.4 is 5.32 Å². The molecule has 1 aliphatic rings. The molecule has 1 N–H and O–H groups in total. The monoisotopic (exact) mass is 228 g/mol. The Labute approximate surface area is 104 Å². The van der Waals surface area contributed by atoms with Gasteiger partial charge in [-0.05, 0) is 56.7 Å². The fourth-order valence-corrected chi connectivity index (χ4v) is 2.48. The van der Waals surface area contributed by atoms with Gasteiger partial charge in [0.05, 0.1) is 6.07 Å². The SMILES string of the molecule is Cc1ccc(C)c(NC2CCC(C#N)CC2)c1. The number of hydrogen-bond acceptors (Lipinski definition) is 2. The second kappa shape index (κ2) is 5.23. The molecule has 0 bridgehead atoms. The largest absolute Gasteiger partial charge is 0.382 e. The van der Waals surface area contributed by atoms with Crippen molar-refractivity contribution in [3.8, 4) is 6.07 Å². The number of hydrogen-bond donors (Lipinski definition) is 1. The van der Waals surface area contributed by atoms with Crippen LogP contribution in [0.15, 0.2) is 18.2 Å². The van der Waals surface area contributed by atoms with Crippen LogP contribution in [0.4, 0.5) is 5.69 Å².